The van der Waals surface area contributed by atoms with Crippen molar-refractivity contribution >= 4 is 24.2 Å². The topological polar surface area (TPSA) is 147 Å². The summed E-state index contributed by atoms with van der Waals surface area (Å²) < 4.78 is 13.6. The molecule has 1 aliphatic carbocycles. The number of carbonyl (C=O) groups is 3. The van der Waals surface area contributed by atoms with Gasteiger partial charge >= 0.3 is 17.7 Å². The Kier molecular flexibility index (Phi) is 8.18. The highest BCUT2D eigenvalue weighted by Crippen LogP contribution is 2.50. The lowest BCUT2D eigenvalue weighted by molar-refractivity contribution is -0.158. The van der Waals surface area contributed by atoms with Gasteiger partial charge in [0.05, 0.1) is 24.9 Å². The fraction of sp³-hybridized carbons (Fsp3) is 0.714. The van der Waals surface area contributed by atoms with E-state index in [4.69, 9.17) is 15.2 Å². The molecule has 1 saturated heterocycles. The molecule has 2 aliphatic heterocycles. The molecule has 3 heterocycles. The summed E-state index contributed by atoms with van der Waals surface area (Å²) in [5.74, 6) is -1.34. The van der Waals surface area contributed by atoms with Gasteiger partial charge in [-0.25, -0.2) is 9.36 Å². The van der Waals surface area contributed by atoms with E-state index in [9.17, 15) is 19.2 Å². The molecular weight excluding hydrogens is 502 g/mol. The van der Waals surface area contributed by atoms with Gasteiger partial charge in [0.1, 0.15) is 18.0 Å². The van der Waals surface area contributed by atoms with Gasteiger partial charge < -0.3 is 24.9 Å². The molecule has 3 aliphatic rings. The molecule has 4 rings (SSSR count). The first-order valence-electron chi connectivity index (χ1n) is 13.9. The van der Waals surface area contributed by atoms with Gasteiger partial charge in [0.2, 0.25) is 5.91 Å². The second-order valence-electron chi connectivity index (χ2n) is 12.5. The average Bonchev–Trinajstić information content (AvgIpc) is 3.37. The van der Waals surface area contributed by atoms with Crippen molar-refractivity contribution in [3.05, 3.63) is 22.5 Å². The summed E-state index contributed by atoms with van der Waals surface area (Å²) in [6.45, 7) is 9.99. The molecule has 11 heteroatoms. The standard InChI is InChI=1S/C28H41N5O6/c1-17-20(16-34)33-15-21(17)38-26-31-22(10-11-29)30-25(37)32(26)12-8-6-7-9-18-14-28(18,5)39-23(35)13-19(24(33)36)27(2,3)4/h10-11,16-21H,6-9,12-15,29H2,1-5H3/t17-,18+,19+,20+,21-,28+/m0/s1. The van der Waals surface area contributed by atoms with Crippen LogP contribution in [0.2, 0.25) is 0 Å². The van der Waals surface area contributed by atoms with Crippen LogP contribution >= 0.6 is 0 Å². The van der Waals surface area contributed by atoms with Crippen LogP contribution in [0.4, 0.5) is 0 Å². The molecule has 11 nitrogen and oxygen atoms in total. The number of fused-ring (bicyclic) bond motifs is 4. The number of rotatable bonds is 2. The summed E-state index contributed by atoms with van der Waals surface area (Å²) in [6.07, 6.45) is 6.97. The van der Waals surface area contributed by atoms with Crippen LogP contribution in [0.1, 0.15) is 79.0 Å². The highest BCUT2D eigenvalue weighted by Gasteiger charge is 2.54. The molecular formula is C28H41N5O6. The van der Waals surface area contributed by atoms with E-state index < -0.39 is 34.8 Å². The molecule has 0 radical (unpaired) electrons. The summed E-state index contributed by atoms with van der Waals surface area (Å²) >= 11 is 0. The van der Waals surface area contributed by atoms with Crippen molar-refractivity contribution in [3.8, 4) is 6.01 Å². The predicted octanol–water partition coefficient (Wildman–Crippen LogP) is 2.31. The number of nitrogens with zero attached hydrogens (tertiary/aromatic N) is 4. The van der Waals surface area contributed by atoms with Gasteiger partial charge in [0.25, 0.3) is 0 Å². The number of aromatic nitrogens is 3. The Morgan fingerprint density at radius 1 is 1.13 bits per heavy atom. The summed E-state index contributed by atoms with van der Waals surface area (Å²) in [7, 11) is 0. The molecule has 1 aromatic heterocycles. The Morgan fingerprint density at radius 3 is 2.54 bits per heavy atom. The van der Waals surface area contributed by atoms with Crippen molar-refractivity contribution < 1.29 is 23.9 Å². The normalized spacial score (nSPS) is 32.4. The lowest BCUT2D eigenvalue weighted by Crippen LogP contribution is -2.46. The largest absolute Gasteiger partial charge is 0.459 e. The molecule has 0 unspecified atom stereocenters. The Morgan fingerprint density at radius 2 is 1.87 bits per heavy atom. The van der Waals surface area contributed by atoms with E-state index >= 15 is 0 Å². The quantitative estimate of drug-likeness (QED) is 0.438. The third kappa shape index (κ3) is 6.17. The van der Waals surface area contributed by atoms with Gasteiger partial charge in [-0.05, 0) is 43.9 Å². The molecule has 2 bridgehead atoms. The van der Waals surface area contributed by atoms with Gasteiger partial charge in [0, 0.05) is 18.4 Å². The van der Waals surface area contributed by atoms with E-state index in [0.29, 0.717) is 13.0 Å². The van der Waals surface area contributed by atoms with Crippen molar-refractivity contribution in [3.63, 3.8) is 0 Å². The number of amides is 1. The Hall–Kier alpha value is -3.24. The number of esters is 1. The average molecular weight is 544 g/mol. The predicted molar refractivity (Wildman–Crippen MR) is 143 cm³/mol. The van der Waals surface area contributed by atoms with Crippen LogP contribution in [0.3, 0.4) is 0 Å². The first-order valence-corrected chi connectivity index (χ1v) is 13.9. The summed E-state index contributed by atoms with van der Waals surface area (Å²) in [6, 6.07) is -0.660. The summed E-state index contributed by atoms with van der Waals surface area (Å²) in [5.41, 5.74) is 3.94. The van der Waals surface area contributed by atoms with Gasteiger partial charge in [-0.1, -0.05) is 40.5 Å². The van der Waals surface area contributed by atoms with Crippen LogP contribution < -0.4 is 16.2 Å². The maximum atomic E-state index is 13.9. The lowest BCUT2D eigenvalue weighted by Gasteiger charge is -2.34. The van der Waals surface area contributed by atoms with Crippen LogP contribution in [0, 0.1) is 23.2 Å². The Bertz CT molecular complexity index is 1190. The Labute approximate surface area is 229 Å². The highest BCUT2D eigenvalue weighted by atomic mass is 16.6. The molecule has 0 aromatic carbocycles. The van der Waals surface area contributed by atoms with Crippen LogP contribution in [-0.2, 0) is 25.7 Å². The first-order chi connectivity index (χ1) is 18.4. The maximum Gasteiger partial charge on any atom is 0.353 e. The van der Waals surface area contributed by atoms with E-state index in [1.807, 2.05) is 34.6 Å². The lowest BCUT2D eigenvalue weighted by atomic mass is 9.77. The van der Waals surface area contributed by atoms with E-state index in [1.165, 1.54) is 21.7 Å². The molecule has 6 atom stereocenters. The minimum absolute atomic E-state index is 0.0626. The zero-order valence-electron chi connectivity index (χ0n) is 23.6. The highest BCUT2D eigenvalue weighted by molar-refractivity contribution is 5.87. The number of hydrogen-bond donors (Lipinski definition) is 1. The fourth-order valence-electron chi connectivity index (χ4n) is 5.80. The monoisotopic (exact) mass is 543 g/mol. The maximum absolute atomic E-state index is 13.9. The molecule has 214 valence electrons. The summed E-state index contributed by atoms with van der Waals surface area (Å²) in [4.78, 5) is 62.0. The first kappa shape index (κ1) is 28.8. The van der Waals surface area contributed by atoms with Crippen LogP contribution in [0.15, 0.2) is 11.0 Å². The molecule has 2 fully saturated rings. The number of nitrogens with two attached hydrogens (primary N) is 1. The zero-order chi connectivity index (χ0) is 28.5. The van der Waals surface area contributed by atoms with Crippen LogP contribution in [0.5, 0.6) is 6.01 Å². The number of ether oxygens (including phenoxy) is 2. The zero-order valence-corrected chi connectivity index (χ0v) is 23.6. The van der Waals surface area contributed by atoms with E-state index in [-0.39, 0.29) is 48.5 Å². The molecule has 1 aromatic rings. The van der Waals surface area contributed by atoms with Crippen molar-refractivity contribution in [1.29, 1.82) is 0 Å². The van der Waals surface area contributed by atoms with E-state index in [1.54, 1.807) is 0 Å². The number of carbonyl (C=O) groups excluding carboxylic acids is 3. The number of hydrogen-bond acceptors (Lipinski definition) is 9. The minimum Gasteiger partial charge on any atom is -0.459 e. The second kappa shape index (κ2) is 11.1. The Balaban J connectivity index is 1.70. The molecule has 0 spiro atoms. The SMILES string of the molecule is C[C@@H]1[C@@H]2CN(C(=O)[C@H](C(C)(C)C)CC(=O)O[C@]3(C)C[C@H]3CCCCCn3c(nc(C=CN)nc3=O)O2)[C@@H]1C=O. The van der Waals surface area contributed by atoms with Gasteiger partial charge in [-0.3, -0.25) is 9.59 Å². The minimum atomic E-state index is -0.749. The molecule has 1 saturated carbocycles. The van der Waals surface area contributed by atoms with Crippen molar-refractivity contribution in [1.82, 2.24) is 19.4 Å². The van der Waals surface area contributed by atoms with Gasteiger partial charge in [-0.15, -0.1) is 0 Å². The van der Waals surface area contributed by atoms with Gasteiger partial charge in [0.15, 0.2) is 5.82 Å². The van der Waals surface area contributed by atoms with Gasteiger partial charge in [-0.2, -0.15) is 9.97 Å². The molecule has 2 N–H and O–H groups in total. The van der Waals surface area contributed by atoms with Crippen LogP contribution in [0.25, 0.3) is 6.08 Å². The van der Waals surface area contributed by atoms with Crippen LogP contribution in [-0.4, -0.2) is 61.9 Å². The van der Waals surface area contributed by atoms with Crippen molar-refractivity contribution in [2.45, 2.75) is 97.4 Å². The smallest absolute Gasteiger partial charge is 0.353 e. The van der Waals surface area contributed by atoms with Crippen molar-refractivity contribution in [2.24, 2.45) is 28.9 Å². The van der Waals surface area contributed by atoms with E-state index in [0.717, 1.165) is 32.0 Å². The van der Waals surface area contributed by atoms with E-state index in [2.05, 4.69) is 9.97 Å². The van der Waals surface area contributed by atoms with Crippen molar-refractivity contribution in [2.75, 3.05) is 6.54 Å². The fourth-order valence-corrected chi connectivity index (χ4v) is 5.80. The second-order valence-corrected chi connectivity index (χ2v) is 12.5. The molecule has 1 amide bonds. The summed E-state index contributed by atoms with van der Waals surface area (Å²) in [5, 5.41) is 0. The third-order valence-electron chi connectivity index (χ3n) is 8.52. The molecule has 39 heavy (non-hydrogen) atoms. The third-order valence-corrected chi connectivity index (χ3v) is 8.52. The number of aldehydes is 1.